The van der Waals surface area contributed by atoms with Crippen LogP contribution in [-0.4, -0.2) is 25.0 Å². The zero-order valence-corrected chi connectivity index (χ0v) is 13.9. The molecule has 3 aromatic carbocycles. The van der Waals surface area contributed by atoms with Gasteiger partial charge in [0.05, 0.1) is 7.11 Å². The lowest BCUT2D eigenvalue weighted by Crippen LogP contribution is -2.43. The third kappa shape index (κ3) is 3.86. The number of amides is 1. The highest BCUT2D eigenvalue weighted by molar-refractivity contribution is 5.97. The lowest BCUT2D eigenvalue weighted by molar-refractivity contribution is -0.142. The number of esters is 1. The predicted molar refractivity (Wildman–Crippen MR) is 97.4 cm³/mol. The van der Waals surface area contributed by atoms with Crippen LogP contribution < -0.4 is 5.32 Å². The van der Waals surface area contributed by atoms with Crippen molar-refractivity contribution >= 4 is 22.6 Å². The second-order valence-electron chi connectivity index (χ2n) is 5.76. The Balaban J connectivity index is 1.86. The van der Waals surface area contributed by atoms with E-state index in [4.69, 9.17) is 4.74 Å². The molecule has 0 saturated carbocycles. The summed E-state index contributed by atoms with van der Waals surface area (Å²) in [5.74, 6) is -0.756. The van der Waals surface area contributed by atoms with E-state index < -0.39 is 12.0 Å². The van der Waals surface area contributed by atoms with Crippen LogP contribution in [0.5, 0.6) is 0 Å². The van der Waals surface area contributed by atoms with Crippen LogP contribution in [0.25, 0.3) is 10.8 Å². The molecule has 0 aliphatic heterocycles. The Morgan fingerprint density at radius 3 is 2.36 bits per heavy atom. The molecule has 1 N–H and O–H groups in total. The molecule has 0 radical (unpaired) electrons. The van der Waals surface area contributed by atoms with Crippen molar-refractivity contribution in [2.75, 3.05) is 7.11 Å². The minimum atomic E-state index is -0.747. The second-order valence-corrected chi connectivity index (χ2v) is 5.76. The maximum Gasteiger partial charge on any atom is 0.328 e. The van der Waals surface area contributed by atoms with Gasteiger partial charge < -0.3 is 10.1 Å². The Morgan fingerprint density at radius 2 is 1.60 bits per heavy atom. The molecule has 0 spiro atoms. The Bertz CT molecular complexity index is 885. The minimum absolute atomic E-state index is 0.295. The van der Waals surface area contributed by atoms with E-state index in [1.165, 1.54) is 7.11 Å². The highest BCUT2D eigenvalue weighted by Crippen LogP contribution is 2.20. The first-order valence-electron chi connectivity index (χ1n) is 8.09. The smallest absolute Gasteiger partial charge is 0.328 e. The number of fused-ring (bicyclic) bond motifs is 1. The van der Waals surface area contributed by atoms with E-state index in [0.29, 0.717) is 12.0 Å². The summed E-state index contributed by atoms with van der Waals surface area (Å²) in [7, 11) is 1.33. The molecule has 0 aliphatic rings. The van der Waals surface area contributed by atoms with Crippen LogP contribution in [-0.2, 0) is 16.0 Å². The summed E-state index contributed by atoms with van der Waals surface area (Å²) in [6.07, 6.45) is 0.368. The number of nitrogens with one attached hydrogen (secondary N) is 1. The van der Waals surface area contributed by atoms with Gasteiger partial charge in [0, 0.05) is 12.0 Å². The van der Waals surface area contributed by atoms with Crippen LogP contribution in [0.1, 0.15) is 15.9 Å². The van der Waals surface area contributed by atoms with E-state index >= 15 is 0 Å². The van der Waals surface area contributed by atoms with Crippen LogP contribution in [0.15, 0.2) is 72.8 Å². The Morgan fingerprint density at radius 1 is 0.920 bits per heavy atom. The van der Waals surface area contributed by atoms with E-state index in [9.17, 15) is 9.59 Å². The maximum atomic E-state index is 12.4. The van der Waals surface area contributed by atoms with Crippen LogP contribution in [0, 0.1) is 0 Å². The van der Waals surface area contributed by atoms with Crippen molar-refractivity contribution in [3.63, 3.8) is 0 Å². The molecule has 0 unspecified atom stereocenters. The SMILES string of the molecule is COC(=O)[C@H](Cc1cccc2ccccc12)NC(=O)c1ccccc1. The van der Waals surface area contributed by atoms with Gasteiger partial charge in [-0.05, 0) is 28.5 Å². The molecule has 126 valence electrons. The summed E-state index contributed by atoms with van der Waals surface area (Å²) in [4.78, 5) is 24.6. The van der Waals surface area contributed by atoms with E-state index in [1.54, 1.807) is 24.3 Å². The molecule has 0 saturated heterocycles. The van der Waals surface area contributed by atoms with Gasteiger partial charge >= 0.3 is 5.97 Å². The normalized spacial score (nSPS) is 11.7. The molecule has 3 rings (SSSR count). The molecule has 0 fully saturated rings. The first-order valence-corrected chi connectivity index (χ1v) is 8.09. The van der Waals surface area contributed by atoms with Crippen LogP contribution >= 0.6 is 0 Å². The molecule has 3 aromatic rings. The Kier molecular flexibility index (Phi) is 5.09. The van der Waals surface area contributed by atoms with Gasteiger partial charge in [-0.1, -0.05) is 60.7 Å². The molecular formula is C21H19NO3. The lowest BCUT2D eigenvalue weighted by Gasteiger charge is -2.17. The fraction of sp³-hybridized carbons (Fsp3) is 0.143. The molecule has 0 heterocycles. The molecule has 0 bridgehead atoms. The minimum Gasteiger partial charge on any atom is -0.467 e. The number of rotatable bonds is 5. The highest BCUT2D eigenvalue weighted by atomic mass is 16.5. The topological polar surface area (TPSA) is 55.4 Å². The Labute approximate surface area is 146 Å². The van der Waals surface area contributed by atoms with E-state index in [2.05, 4.69) is 5.32 Å². The fourth-order valence-electron chi connectivity index (χ4n) is 2.86. The lowest BCUT2D eigenvalue weighted by atomic mass is 9.98. The van der Waals surface area contributed by atoms with E-state index in [-0.39, 0.29) is 5.91 Å². The number of carbonyl (C=O) groups excluding carboxylic acids is 2. The van der Waals surface area contributed by atoms with Gasteiger partial charge in [0.15, 0.2) is 0 Å². The maximum absolute atomic E-state index is 12.4. The molecule has 4 nitrogen and oxygen atoms in total. The van der Waals surface area contributed by atoms with Crippen LogP contribution in [0.2, 0.25) is 0 Å². The first kappa shape index (κ1) is 16.7. The quantitative estimate of drug-likeness (QED) is 0.729. The molecule has 1 atom stereocenters. The number of hydrogen-bond donors (Lipinski definition) is 1. The van der Waals surface area contributed by atoms with Crippen molar-refractivity contribution < 1.29 is 14.3 Å². The summed E-state index contributed by atoms with van der Waals surface area (Å²) >= 11 is 0. The van der Waals surface area contributed by atoms with Gasteiger partial charge in [-0.25, -0.2) is 4.79 Å². The molecule has 0 aromatic heterocycles. The van der Waals surface area contributed by atoms with Gasteiger partial charge in [0.2, 0.25) is 0 Å². The average molecular weight is 333 g/mol. The summed E-state index contributed by atoms with van der Waals surface area (Å²) < 4.78 is 4.88. The van der Waals surface area contributed by atoms with Crippen molar-refractivity contribution in [2.45, 2.75) is 12.5 Å². The van der Waals surface area contributed by atoms with Crippen molar-refractivity contribution in [1.29, 1.82) is 0 Å². The summed E-state index contributed by atoms with van der Waals surface area (Å²) in [5.41, 5.74) is 1.50. The van der Waals surface area contributed by atoms with Crippen molar-refractivity contribution in [3.8, 4) is 0 Å². The van der Waals surface area contributed by atoms with Crippen LogP contribution in [0.4, 0.5) is 0 Å². The van der Waals surface area contributed by atoms with E-state index in [1.807, 2.05) is 48.5 Å². The molecule has 4 heteroatoms. The third-order valence-electron chi connectivity index (χ3n) is 4.13. The number of carbonyl (C=O) groups is 2. The van der Waals surface area contributed by atoms with E-state index in [0.717, 1.165) is 16.3 Å². The fourth-order valence-corrected chi connectivity index (χ4v) is 2.86. The molecule has 1 amide bonds. The van der Waals surface area contributed by atoms with Gasteiger partial charge in [0.1, 0.15) is 6.04 Å². The van der Waals surface area contributed by atoms with Crippen LogP contribution in [0.3, 0.4) is 0 Å². The number of benzene rings is 3. The Hall–Kier alpha value is -3.14. The third-order valence-corrected chi connectivity index (χ3v) is 4.13. The standard InChI is InChI=1S/C21H19NO3/c1-25-21(24)19(22-20(23)16-9-3-2-4-10-16)14-17-12-7-11-15-8-5-6-13-18(15)17/h2-13,19H,14H2,1H3,(H,22,23)/t19-/m0/s1. The number of ether oxygens (including phenoxy) is 1. The van der Waals surface area contributed by atoms with Gasteiger partial charge in [0.25, 0.3) is 5.91 Å². The largest absolute Gasteiger partial charge is 0.467 e. The van der Waals surface area contributed by atoms with Crippen molar-refractivity contribution in [1.82, 2.24) is 5.32 Å². The zero-order valence-electron chi connectivity index (χ0n) is 13.9. The summed E-state index contributed by atoms with van der Waals surface area (Å²) in [6.45, 7) is 0. The van der Waals surface area contributed by atoms with Gasteiger partial charge in [-0.15, -0.1) is 0 Å². The number of hydrogen-bond acceptors (Lipinski definition) is 3. The highest BCUT2D eigenvalue weighted by Gasteiger charge is 2.23. The zero-order chi connectivity index (χ0) is 17.6. The molecule has 25 heavy (non-hydrogen) atoms. The monoisotopic (exact) mass is 333 g/mol. The molecular weight excluding hydrogens is 314 g/mol. The van der Waals surface area contributed by atoms with Crippen molar-refractivity contribution in [3.05, 3.63) is 83.9 Å². The van der Waals surface area contributed by atoms with Crippen molar-refractivity contribution in [2.24, 2.45) is 0 Å². The van der Waals surface area contributed by atoms with Gasteiger partial charge in [-0.3, -0.25) is 4.79 Å². The summed E-state index contributed by atoms with van der Waals surface area (Å²) in [5, 5.41) is 4.94. The van der Waals surface area contributed by atoms with Gasteiger partial charge in [-0.2, -0.15) is 0 Å². The molecule has 0 aliphatic carbocycles. The number of methoxy groups -OCH3 is 1. The summed E-state index contributed by atoms with van der Waals surface area (Å²) in [6, 6.07) is 22.0. The second kappa shape index (κ2) is 7.62. The first-order chi connectivity index (χ1) is 12.2. The average Bonchev–Trinajstić information content (AvgIpc) is 2.67. The predicted octanol–water partition coefficient (Wildman–Crippen LogP) is 3.35.